The van der Waals surface area contributed by atoms with Gasteiger partial charge in [0.15, 0.2) is 6.61 Å². The van der Waals surface area contributed by atoms with Crippen LogP contribution in [0.2, 0.25) is 0 Å². The van der Waals surface area contributed by atoms with E-state index >= 15 is 0 Å². The average molecular weight is 392 g/mol. The highest BCUT2D eigenvalue weighted by molar-refractivity contribution is 6.11. The second-order valence-electron chi connectivity index (χ2n) is 6.46. The second kappa shape index (κ2) is 7.16. The Balaban J connectivity index is 1.54. The van der Waals surface area contributed by atoms with Crippen molar-refractivity contribution in [3.05, 3.63) is 60.2 Å². The number of fused-ring (bicyclic) bond motifs is 2. The van der Waals surface area contributed by atoms with Crippen molar-refractivity contribution >= 4 is 39.9 Å². The van der Waals surface area contributed by atoms with Crippen LogP contribution in [0, 0.1) is 0 Å². The first kappa shape index (κ1) is 18.3. The minimum Gasteiger partial charge on any atom is -0.507 e. The highest BCUT2D eigenvalue weighted by Gasteiger charge is 2.28. The number of phenolic OH excluding ortho intramolecular Hbond substituents is 2. The SMILES string of the molecule is O=C1CN(C(=O)COC(=O)c2cc(O)c3ccccc3c2O)c2ccccc2N1. The average Bonchev–Trinajstić information content (AvgIpc) is 2.73. The Bertz CT molecular complexity index is 1160. The van der Waals surface area contributed by atoms with Crippen LogP contribution in [-0.4, -0.2) is 41.1 Å². The zero-order chi connectivity index (χ0) is 20.5. The molecule has 1 heterocycles. The summed E-state index contributed by atoms with van der Waals surface area (Å²) in [4.78, 5) is 38.0. The maximum atomic E-state index is 12.6. The number of benzene rings is 3. The van der Waals surface area contributed by atoms with Crippen LogP contribution in [0.15, 0.2) is 54.6 Å². The van der Waals surface area contributed by atoms with Gasteiger partial charge in [-0.1, -0.05) is 36.4 Å². The zero-order valence-corrected chi connectivity index (χ0v) is 15.1. The van der Waals surface area contributed by atoms with E-state index in [-0.39, 0.29) is 34.9 Å². The number of hydrogen-bond donors (Lipinski definition) is 3. The third-order valence-electron chi connectivity index (χ3n) is 4.61. The van der Waals surface area contributed by atoms with Gasteiger partial charge in [0, 0.05) is 10.8 Å². The summed E-state index contributed by atoms with van der Waals surface area (Å²) in [7, 11) is 0. The number of rotatable bonds is 3. The van der Waals surface area contributed by atoms with Crippen LogP contribution in [0.25, 0.3) is 10.8 Å². The molecule has 2 amide bonds. The van der Waals surface area contributed by atoms with Crippen molar-refractivity contribution in [3.63, 3.8) is 0 Å². The molecule has 146 valence electrons. The molecule has 0 aromatic heterocycles. The summed E-state index contributed by atoms with van der Waals surface area (Å²) < 4.78 is 5.05. The molecule has 29 heavy (non-hydrogen) atoms. The van der Waals surface area contributed by atoms with Crippen molar-refractivity contribution in [2.75, 3.05) is 23.4 Å². The normalized spacial score (nSPS) is 13.0. The standard InChI is InChI=1S/C21H16N2O6/c24-17-9-14(20(27)13-6-2-1-5-12(13)17)21(28)29-11-19(26)23-10-18(25)22-15-7-3-4-8-16(15)23/h1-9,24,27H,10-11H2,(H,22,25). The lowest BCUT2D eigenvalue weighted by molar-refractivity contribution is -0.124. The van der Waals surface area contributed by atoms with Gasteiger partial charge >= 0.3 is 5.97 Å². The lowest BCUT2D eigenvalue weighted by Gasteiger charge is -2.28. The molecule has 0 fully saturated rings. The molecule has 3 N–H and O–H groups in total. The smallest absolute Gasteiger partial charge is 0.342 e. The van der Waals surface area contributed by atoms with E-state index in [2.05, 4.69) is 5.32 Å². The lowest BCUT2D eigenvalue weighted by atomic mass is 10.0. The third kappa shape index (κ3) is 3.31. The topological polar surface area (TPSA) is 116 Å². The van der Waals surface area contributed by atoms with Crippen LogP contribution in [0.3, 0.4) is 0 Å². The first-order chi connectivity index (χ1) is 14.0. The molecule has 0 saturated heterocycles. The summed E-state index contributed by atoms with van der Waals surface area (Å²) in [6.45, 7) is -0.830. The van der Waals surface area contributed by atoms with E-state index in [0.29, 0.717) is 16.8 Å². The molecule has 0 atom stereocenters. The Hall–Kier alpha value is -4.07. The number of amides is 2. The fourth-order valence-corrected chi connectivity index (χ4v) is 3.24. The van der Waals surface area contributed by atoms with Crippen molar-refractivity contribution in [1.82, 2.24) is 0 Å². The predicted molar refractivity (Wildman–Crippen MR) is 105 cm³/mol. The number of nitrogens with one attached hydrogen (secondary N) is 1. The molecular formula is C21H16N2O6. The van der Waals surface area contributed by atoms with Gasteiger partial charge in [-0.15, -0.1) is 0 Å². The molecule has 8 heteroatoms. The maximum absolute atomic E-state index is 12.6. The number of anilines is 2. The summed E-state index contributed by atoms with van der Waals surface area (Å²) in [5.74, 6) is -2.46. The number of nitrogens with zero attached hydrogens (tertiary/aromatic N) is 1. The fourth-order valence-electron chi connectivity index (χ4n) is 3.24. The first-order valence-electron chi connectivity index (χ1n) is 8.75. The number of para-hydroxylation sites is 2. The molecule has 0 bridgehead atoms. The molecule has 1 aliphatic rings. The molecule has 0 aliphatic carbocycles. The van der Waals surface area contributed by atoms with E-state index in [1.54, 1.807) is 48.5 Å². The first-order valence-corrected chi connectivity index (χ1v) is 8.75. The number of ether oxygens (including phenoxy) is 1. The number of carbonyl (C=O) groups is 3. The Morgan fingerprint density at radius 1 is 1.03 bits per heavy atom. The summed E-state index contributed by atoms with van der Waals surface area (Å²) in [6.07, 6.45) is 0. The van der Waals surface area contributed by atoms with Crippen molar-refractivity contribution in [1.29, 1.82) is 0 Å². The Morgan fingerprint density at radius 2 is 1.72 bits per heavy atom. The van der Waals surface area contributed by atoms with Gasteiger partial charge in [-0.3, -0.25) is 14.5 Å². The second-order valence-corrected chi connectivity index (χ2v) is 6.46. The molecule has 4 rings (SSSR count). The van der Waals surface area contributed by atoms with Gasteiger partial charge in [0.05, 0.1) is 11.4 Å². The van der Waals surface area contributed by atoms with Gasteiger partial charge in [0.25, 0.3) is 5.91 Å². The van der Waals surface area contributed by atoms with Crippen LogP contribution in [-0.2, 0) is 14.3 Å². The van der Waals surface area contributed by atoms with Crippen LogP contribution in [0.1, 0.15) is 10.4 Å². The van der Waals surface area contributed by atoms with E-state index in [0.717, 1.165) is 6.07 Å². The Morgan fingerprint density at radius 3 is 2.52 bits per heavy atom. The quantitative estimate of drug-likeness (QED) is 0.466. The van der Waals surface area contributed by atoms with Gasteiger partial charge in [0.2, 0.25) is 5.91 Å². The van der Waals surface area contributed by atoms with E-state index in [1.165, 1.54) is 4.90 Å². The number of hydrogen-bond acceptors (Lipinski definition) is 6. The monoisotopic (exact) mass is 392 g/mol. The summed E-state index contributed by atoms with van der Waals surface area (Å²) >= 11 is 0. The van der Waals surface area contributed by atoms with Crippen LogP contribution in [0.4, 0.5) is 11.4 Å². The van der Waals surface area contributed by atoms with Gasteiger partial charge in [0.1, 0.15) is 23.6 Å². The van der Waals surface area contributed by atoms with E-state index in [4.69, 9.17) is 4.74 Å². The molecule has 3 aromatic carbocycles. The van der Waals surface area contributed by atoms with E-state index in [1.807, 2.05) is 0 Å². The molecule has 1 aliphatic heterocycles. The van der Waals surface area contributed by atoms with E-state index in [9.17, 15) is 24.6 Å². The minimum atomic E-state index is -0.966. The summed E-state index contributed by atoms with van der Waals surface area (Å²) in [5, 5.41) is 23.8. The summed E-state index contributed by atoms with van der Waals surface area (Å²) in [5.41, 5.74) is 0.727. The van der Waals surface area contributed by atoms with Crippen LogP contribution in [0.5, 0.6) is 11.5 Å². The number of aromatic hydroxyl groups is 2. The molecule has 0 spiro atoms. The maximum Gasteiger partial charge on any atom is 0.342 e. The van der Waals surface area contributed by atoms with Crippen molar-refractivity contribution in [2.24, 2.45) is 0 Å². The number of carbonyl (C=O) groups excluding carboxylic acids is 3. The fraction of sp³-hybridized carbons (Fsp3) is 0.0952. The van der Waals surface area contributed by atoms with Gasteiger partial charge in [-0.2, -0.15) is 0 Å². The predicted octanol–water partition coefficient (Wildman–Crippen LogP) is 2.39. The van der Waals surface area contributed by atoms with E-state index < -0.39 is 18.5 Å². The van der Waals surface area contributed by atoms with Gasteiger partial charge in [-0.05, 0) is 18.2 Å². The third-order valence-corrected chi connectivity index (χ3v) is 4.61. The van der Waals surface area contributed by atoms with Crippen molar-refractivity contribution < 1.29 is 29.3 Å². The molecule has 8 nitrogen and oxygen atoms in total. The molecule has 0 unspecified atom stereocenters. The van der Waals surface area contributed by atoms with Gasteiger partial charge < -0.3 is 20.3 Å². The molecular weight excluding hydrogens is 376 g/mol. The highest BCUT2D eigenvalue weighted by Crippen LogP contribution is 2.35. The Kier molecular flexibility index (Phi) is 4.52. The van der Waals surface area contributed by atoms with Crippen molar-refractivity contribution in [3.8, 4) is 11.5 Å². The molecule has 3 aromatic rings. The molecule has 0 radical (unpaired) electrons. The van der Waals surface area contributed by atoms with Crippen LogP contribution < -0.4 is 10.2 Å². The number of esters is 1. The lowest BCUT2D eigenvalue weighted by Crippen LogP contribution is -2.44. The zero-order valence-electron chi connectivity index (χ0n) is 15.1. The largest absolute Gasteiger partial charge is 0.507 e. The summed E-state index contributed by atoms with van der Waals surface area (Å²) in [6, 6.07) is 14.4. The molecule has 0 saturated carbocycles. The Labute approximate surface area is 164 Å². The van der Waals surface area contributed by atoms with Gasteiger partial charge in [-0.25, -0.2) is 4.79 Å². The highest BCUT2D eigenvalue weighted by atomic mass is 16.5. The van der Waals surface area contributed by atoms with Crippen LogP contribution >= 0.6 is 0 Å². The minimum absolute atomic E-state index is 0.196. The number of phenols is 2. The van der Waals surface area contributed by atoms with Crippen molar-refractivity contribution in [2.45, 2.75) is 0 Å².